The van der Waals surface area contributed by atoms with Gasteiger partial charge in [0.25, 0.3) is 0 Å². The molecule has 0 N–H and O–H groups in total. The minimum atomic E-state index is 1.13. The van der Waals surface area contributed by atoms with E-state index in [1.54, 1.807) is 0 Å². The fourth-order valence-corrected chi connectivity index (χ4v) is 9.08. The summed E-state index contributed by atoms with van der Waals surface area (Å²) in [6, 6.07) is 45.0. The smallest absolute Gasteiger partial charge is 0.0433 e. The Labute approximate surface area is 267 Å². The fourth-order valence-electron chi connectivity index (χ4n) is 7.69. The molecule has 0 aliphatic heterocycles. The largest absolute Gasteiger partial charge is 0.139 e. The van der Waals surface area contributed by atoms with E-state index in [1.807, 2.05) is 11.3 Å². The van der Waals surface area contributed by atoms with Crippen LogP contribution in [0.3, 0.4) is 0 Å². The van der Waals surface area contributed by atoms with Gasteiger partial charge in [-0.15, -0.1) is 11.3 Å². The van der Waals surface area contributed by atoms with E-state index in [1.165, 1.54) is 97.4 Å². The second-order valence-electron chi connectivity index (χ2n) is 12.4. The summed E-state index contributed by atoms with van der Waals surface area (Å²) in [6.07, 6.45) is 6.97. The Morgan fingerprint density at radius 3 is 1.73 bits per heavy atom. The van der Waals surface area contributed by atoms with Gasteiger partial charge in [-0.1, -0.05) is 127 Å². The maximum absolute atomic E-state index is 2.43. The molecule has 0 unspecified atom stereocenters. The van der Waals surface area contributed by atoms with Crippen LogP contribution in [0, 0.1) is 13.8 Å². The van der Waals surface area contributed by atoms with E-state index in [2.05, 4.69) is 147 Å². The zero-order chi connectivity index (χ0) is 30.1. The number of hydrogen-bond donors (Lipinski definition) is 0. The number of hydrogen-bond acceptors (Lipinski definition) is 1. The number of aryl methyl sites for hydroxylation is 2. The van der Waals surface area contributed by atoms with Crippen molar-refractivity contribution in [1.29, 1.82) is 0 Å². The van der Waals surface area contributed by atoms with Crippen LogP contribution in [-0.4, -0.2) is 0 Å². The van der Waals surface area contributed by atoms with Crippen LogP contribution in [0.25, 0.3) is 81.9 Å². The van der Waals surface area contributed by atoms with Gasteiger partial charge in [-0.25, -0.2) is 0 Å². The number of thiophene rings is 1. The minimum Gasteiger partial charge on any atom is -0.139 e. The van der Waals surface area contributed by atoms with Gasteiger partial charge in [-0.05, 0) is 110 Å². The average molecular weight is 593 g/mol. The van der Waals surface area contributed by atoms with Crippen LogP contribution in [0.2, 0.25) is 0 Å². The summed E-state index contributed by atoms with van der Waals surface area (Å²) in [5.74, 6) is 0. The van der Waals surface area contributed by atoms with Crippen molar-refractivity contribution in [3.63, 3.8) is 0 Å². The summed E-state index contributed by atoms with van der Waals surface area (Å²) >= 11 is 2.01. The molecule has 0 fully saturated rings. The molecule has 0 saturated carbocycles. The number of allylic oxidation sites excluding steroid dienone is 1. The van der Waals surface area contributed by atoms with Crippen molar-refractivity contribution in [3.8, 4) is 33.4 Å². The van der Waals surface area contributed by atoms with Gasteiger partial charge in [-0.2, -0.15) is 0 Å². The van der Waals surface area contributed by atoms with E-state index in [0.717, 1.165) is 12.8 Å². The first-order chi connectivity index (χ1) is 22.2. The second-order valence-corrected chi connectivity index (χ2v) is 13.5. The standard InChI is InChI=1S/C44H32S/c1-27-26-39-33-18-12-13-23-40(33)45-44(39)41(28(27)2)43-36-21-10-8-19-34(36)42(35-20-9-11-22-37(35)43)38-25-24-30(29-14-4-3-5-15-29)31-16-6-7-17-32(31)38/h3-12,14-22,24-26H,13,23H2,1-2H3. The van der Waals surface area contributed by atoms with Gasteiger partial charge >= 0.3 is 0 Å². The summed E-state index contributed by atoms with van der Waals surface area (Å²) in [7, 11) is 0. The van der Waals surface area contributed by atoms with Gasteiger partial charge in [0, 0.05) is 20.5 Å². The van der Waals surface area contributed by atoms with E-state index >= 15 is 0 Å². The molecule has 0 radical (unpaired) electrons. The highest BCUT2D eigenvalue weighted by atomic mass is 32.1. The molecule has 1 aromatic heterocycles. The highest BCUT2D eigenvalue weighted by molar-refractivity contribution is 7.20. The molecular formula is C44H32S. The number of benzene rings is 7. The van der Waals surface area contributed by atoms with Crippen molar-refractivity contribution >= 4 is 59.8 Å². The summed E-state index contributed by atoms with van der Waals surface area (Å²) in [4.78, 5) is 1.52. The second kappa shape index (κ2) is 10.3. The lowest BCUT2D eigenvalue weighted by molar-refractivity contribution is 1.02. The first-order valence-corrected chi connectivity index (χ1v) is 16.7. The molecule has 9 rings (SSSR count). The summed E-state index contributed by atoms with van der Waals surface area (Å²) in [5.41, 5.74) is 12.1. The van der Waals surface area contributed by atoms with E-state index in [9.17, 15) is 0 Å². The van der Waals surface area contributed by atoms with Crippen molar-refractivity contribution in [3.05, 3.63) is 149 Å². The van der Waals surface area contributed by atoms with Crippen LogP contribution in [0.4, 0.5) is 0 Å². The van der Waals surface area contributed by atoms with Crippen LogP contribution in [-0.2, 0) is 6.42 Å². The molecule has 1 heteroatoms. The van der Waals surface area contributed by atoms with E-state index in [4.69, 9.17) is 0 Å². The molecule has 0 spiro atoms. The molecule has 0 amide bonds. The maximum Gasteiger partial charge on any atom is 0.0433 e. The quantitative estimate of drug-likeness (QED) is 0.179. The van der Waals surface area contributed by atoms with Gasteiger partial charge in [0.1, 0.15) is 0 Å². The lowest BCUT2D eigenvalue weighted by Crippen LogP contribution is -1.95. The van der Waals surface area contributed by atoms with E-state index in [-0.39, 0.29) is 0 Å². The van der Waals surface area contributed by atoms with Gasteiger partial charge in [0.05, 0.1) is 0 Å². The number of rotatable bonds is 3. The van der Waals surface area contributed by atoms with Gasteiger partial charge in [0.2, 0.25) is 0 Å². The third-order valence-electron chi connectivity index (χ3n) is 9.90. The SMILES string of the molecule is Cc1cc2c3c(sc2c(-c2c4ccccc4c(-c4ccc(-c5ccccc5)c5ccccc45)c4ccccc24)c1C)CCC=C3. The van der Waals surface area contributed by atoms with Gasteiger partial charge in [-0.3, -0.25) is 0 Å². The van der Waals surface area contributed by atoms with Crippen molar-refractivity contribution in [2.75, 3.05) is 0 Å². The minimum absolute atomic E-state index is 1.13. The molecule has 7 aromatic carbocycles. The van der Waals surface area contributed by atoms with E-state index < -0.39 is 0 Å². The number of fused-ring (bicyclic) bond motifs is 6. The zero-order valence-electron chi connectivity index (χ0n) is 25.5. The Kier molecular flexibility index (Phi) is 6.05. The van der Waals surface area contributed by atoms with E-state index in [0.29, 0.717) is 0 Å². The lowest BCUT2D eigenvalue weighted by atomic mass is 9.82. The topological polar surface area (TPSA) is 0 Å². The predicted molar refractivity (Wildman–Crippen MR) is 197 cm³/mol. The molecule has 0 saturated heterocycles. The molecule has 0 atom stereocenters. The Hall–Kier alpha value is -4.98. The van der Waals surface area contributed by atoms with Crippen LogP contribution >= 0.6 is 11.3 Å². The van der Waals surface area contributed by atoms with Crippen LogP contribution in [0.1, 0.15) is 28.0 Å². The third-order valence-corrected chi connectivity index (χ3v) is 11.2. The Bertz CT molecular complexity index is 2430. The third kappa shape index (κ3) is 3.97. The van der Waals surface area contributed by atoms with Crippen molar-refractivity contribution in [1.82, 2.24) is 0 Å². The normalized spacial score (nSPS) is 12.8. The highest BCUT2D eigenvalue weighted by Crippen LogP contribution is 2.50. The molecule has 8 aromatic rings. The molecular weight excluding hydrogens is 561 g/mol. The molecule has 1 aliphatic rings. The molecule has 45 heavy (non-hydrogen) atoms. The summed E-state index contributed by atoms with van der Waals surface area (Å²) < 4.78 is 1.43. The summed E-state index contributed by atoms with van der Waals surface area (Å²) in [6.45, 7) is 4.61. The molecule has 0 bridgehead atoms. The molecule has 0 nitrogen and oxygen atoms in total. The average Bonchev–Trinajstić information content (AvgIpc) is 3.46. The molecule has 1 heterocycles. The fraction of sp³-hybridized carbons (Fsp3) is 0.0909. The zero-order valence-corrected chi connectivity index (χ0v) is 26.3. The lowest BCUT2D eigenvalue weighted by Gasteiger charge is -2.21. The van der Waals surface area contributed by atoms with Crippen molar-refractivity contribution < 1.29 is 0 Å². The summed E-state index contributed by atoms with van der Waals surface area (Å²) in [5, 5.41) is 9.22. The van der Waals surface area contributed by atoms with Crippen molar-refractivity contribution in [2.24, 2.45) is 0 Å². The maximum atomic E-state index is 2.43. The monoisotopic (exact) mass is 592 g/mol. The Morgan fingerprint density at radius 2 is 1.07 bits per heavy atom. The highest BCUT2D eigenvalue weighted by Gasteiger charge is 2.24. The van der Waals surface area contributed by atoms with Crippen LogP contribution in [0.15, 0.2) is 127 Å². The Balaban J connectivity index is 1.42. The van der Waals surface area contributed by atoms with Crippen LogP contribution in [0.5, 0.6) is 0 Å². The molecule has 1 aliphatic carbocycles. The predicted octanol–water partition coefficient (Wildman–Crippen LogP) is 12.9. The Morgan fingerprint density at radius 1 is 0.511 bits per heavy atom. The van der Waals surface area contributed by atoms with Crippen molar-refractivity contribution in [2.45, 2.75) is 26.7 Å². The first-order valence-electron chi connectivity index (χ1n) is 15.9. The molecule has 214 valence electrons. The van der Waals surface area contributed by atoms with Crippen LogP contribution < -0.4 is 0 Å². The van der Waals surface area contributed by atoms with Gasteiger partial charge < -0.3 is 0 Å². The first kappa shape index (κ1) is 26.4. The van der Waals surface area contributed by atoms with Gasteiger partial charge in [0.15, 0.2) is 0 Å².